The summed E-state index contributed by atoms with van der Waals surface area (Å²) in [5.74, 6) is -0.997. The molecule has 3 aromatic rings. The standard InChI is InChI=1S/C21H16F2N2OS/c1-13-18(22)8-15(9-19(13)23)12-27-21-17(11-24)16(10-20(26)25-21)7-14-5-3-2-4-6-14/h2-6,8-10H,7,12H2,1H3,(H,25,26). The second kappa shape index (κ2) is 8.19. The molecule has 1 heterocycles. The van der Waals surface area contributed by atoms with Gasteiger partial charge < -0.3 is 4.98 Å². The molecule has 0 aliphatic rings. The van der Waals surface area contributed by atoms with Crippen molar-refractivity contribution in [3.63, 3.8) is 0 Å². The minimum absolute atomic E-state index is 0.0280. The van der Waals surface area contributed by atoms with Crippen molar-refractivity contribution >= 4 is 11.8 Å². The van der Waals surface area contributed by atoms with Crippen molar-refractivity contribution in [2.24, 2.45) is 0 Å². The third-order valence-corrected chi connectivity index (χ3v) is 5.24. The number of nitrogens with one attached hydrogen (secondary N) is 1. The Balaban J connectivity index is 1.89. The number of H-pyrrole nitrogens is 1. The van der Waals surface area contributed by atoms with Crippen LogP contribution in [0.1, 0.15) is 27.8 Å². The summed E-state index contributed by atoms with van der Waals surface area (Å²) >= 11 is 1.18. The molecule has 0 amide bonds. The van der Waals surface area contributed by atoms with Gasteiger partial charge in [-0.1, -0.05) is 30.3 Å². The largest absolute Gasteiger partial charge is 0.316 e. The Labute approximate surface area is 159 Å². The number of rotatable bonds is 5. The van der Waals surface area contributed by atoms with E-state index in [-0.39, 0.29) is 16.9 Å². The van der Waals surface area contributed by atoms with Gasteiger partial charge in [-0.25, -0.2) is 8.78 Å². The van der Waals surface area contributed by atoms with Gasteiger partial charge in [0.15, 0.2) is 0 Å². The van der Waals surface area contributed by atoms with Crippen molar-refractivity contribution in [3.05, 3.63) is 98.3 Å². The Bertz CT molecular complexity index is 1050. The summed E-state index contributed by atoms with van der Waals surface area (Å²) in [6, 6.07) is 15.6. The van der Waals surface area contributed by atoms with Crippen LogP contribution in [-0.4, -0.2) is 4.98 Å². The number of nitrogens with zero attached hydrogens (tertiary/aromatic N) is 1. The first-order chi connectivity index (χ1) is 13.0. The number of aromatic amines is 1. The molecule has 1 N–H and O–H groups in total. The summed E-state index contributed by atoms with van der Waals surface area (Å²) < 4.78 is 27.4. The average molecular weight is 382 g/mol. The Morgan fingerprint density at radius 2 is 1.74 bits per heavy atom. The van der Waals surface area contributed by atoms with Crippen LogP contribution in [0, 0.1) is 29.9 Å². The van der Waals surface area contributed by atoms with Crippen molar-refractivity contribution in [3.8, 4) is 6.07 Å². The fraction of sp³-hybridized carbons (Fsp3) is 0.143. The van der Waals surface area contributed by atoms with Crippen molar-refractivity contribution in [1.29, 1.82) is 5.26 Å². The fourth-order valence-corrected chi connectivity index (χ4v) is 3.68. The summed E-state index contributed by atoms with van der Waals surface area (Å²) in [6.07, 6.45) is 0.453. The maximum atomic E-state index is 13.7. The monoisotopic (exact) mass is 382 g/mol. The number of hydrogen-bond acceptors (Lipinski definition) is 3. The quantitative estimate of drug-likeness (QED) is 0.650. The van der Waals surface area contributed by atoms with E-state index in [1.54, 1.807) is 0 Å². The zero-order valence-electron chi connectivity index (χ0n) is 14.6. The highest BCUT2D eigenvalue weighted by atomic mass is 32.2. The van der Waals surface area contributed by atoms with E-state index >= 15 is 0 Å². The molecule has 0 saturated heterocycles. The molecule has 3 nitrogen and oxygen atoms in total. The highest BCUT2D eigenvalue weighted by molar-refractivity contribution is 7.98. The van der Waals surface area contributed by atoms with Crippen LogP contribution >= 0.6 is 11.8 Å². The van der Waals surface area contributed by atoms with Crippen molar-refractivity contribution in [2.75, 3.05) is 0 Å². The van der Waals surface area contributed by atoms with E-state index in [4.69, 9.17) is 0 Å². The molecular formula is C21H16F2N2OS. The maximum Gasteiger partial charge on any atom is 0.249 e. The lowest BCUT2D eigenvalue weighted by Gasteiger charge is -2.10. The second-order valence-electron chi connectivity index (χ2n) is 6.11. The third kappa shape index (κ3) is 4.44. The molecule has 0 aliphatic heterocycles. The van der Waals surface area contributed by atoms with E-state index in [1.807, 2.05) is 30.3 Å². The van der Waals surface area contributed by atoms with E-state index in [0.29, 0.717) is 28.1 Å². The van der Waals surface area contributed by atoms with E-state index in [9.17, 15) is 18.8 Å². The SMILES string of the molecule is Cc1c(F)cc(CSc2[nH]c(=O)cc(Cc3ccccc3)c2C#N)cc1F. The number of pyridine rings is 1. The van der Waals surface area contributed by atoms with Crippen LogP contribution in [0.3, 0.4) is 0 Å². The van der Waals surface area contributed by atoms with Crippen LogP contribution in [0.15, 0.2) is 58.4 Å². The highest BCUT2D eigenvalue weighted by Crippen LogP contribution is 2.27. The smallest absolute Gasteiger partial charge is 0.249 e. The van der Waals surface area contributed by atoms with Gasteiger partial charge in [0.25, 0.3) is 0 Å². The van der Waals surface area contributed by atoms with Crippen LogP contribution in [0.2, 0.25) is 0 Å². The van der Waals surface area contributed by atoms with Crippen LogP contribution in [0.5, 0.6) is 0 Å². The first-order valence-electron chi connectivity index (χ1n) is 8.25. The molecule has 2 aromatic carbocycles. The van der Waals surface area contributed by atoms with Crippen LogP contribution in [-0.2, 0) is 12.2 Å². The molecule has 136 valence electrons. The van der Waals surface area contributed by atoms with Gasteiger partial charge in [-0.15, -0.1) is 11.8 Å². The predicted molar refractivity (Wildman–Crippen MR) is 102 cm³/mol. The van der Waals surface area contributed by atoms with Gasteiger partial charge in [0.2, 0.25) is 5.56 Å². The first-order valence-corrected chi connectivity index (χ1v) is 9.24. The van der Waals surface area contributed by atoms with Crippen LogP contribution in [0.25, 0.3) is 0 Å². The Hall–Kier alpha value is -2.91. The van der Waals surface area contributed by atoms with E-state index in [2.05, 4.69) is 11.1 Å². The molecule has 27 heavy (non-hydrogen) atoms. The molecule has 0 bridgehead atoms. The molecule has 0 spiro atoms. The van der Waals surface area contributed by atoms with E-state index in [0.717, 1.165) is 5.56 Å². The number of halogens is 2. The maximum absolute atomic E-state index is 13.7. The zero-order valence-corrected chi connectivity index (χ0v) is 15.4. The molecule has 3 rings (SSSR count). The molecular weight excluding hydrogens is 366 g/mol. The Morgan fingerprint density at radius 3 is 2.37 bits per heavy atom. The number of aromatic nitrogens is 1. The van der Waals surface area contributed by atoms with Gasteiger partial charge in [0.1, 0.15) is 17.7 Å². The lowest BCUT2D eigenvalue weighted by atomic mass is 10.0. The predicted octanol–water partition coefficient (Wildman–Crippen LogP) is 4.72. The average Bonchev–Trinajstić information content (AvgIpc) is 2.65. The summed E-state index contributed by atoms with van der Waals surface area (Å²) in [4.78, 5) is 14.7. The molecule has 1 aromatic heterocycles. The first kappa shape index (κ1) is 18.9. The fourth-order valence-electron chi connectivity index (χ4n) is 2.71. The van der Waals surface area contributed by atoms with Gasteiger partial charge in [-0.3, -0.25) is 4.79 Å². The lowest BCUT2D eigenvalue weighted by molar-refractivity contribution is 0.566. The van der Waals surface area contributed by atoms with Gasteiger partial charge in [-0.05, 0) is 42.2 Å². The second-order valence-corrected chi connectivity index (χ2v) is 7.10. The van der Waals surface area contributed by atoms with Gasteiger partial charge in [-0.2, -0.15) is 5.26 Å². The molecule has 0 unspecified atom stereocenters. The Kier molecular flexibility index (Phi) is 5.72. The molecule has 6 heteroatoms. The van der Waals surface area contributed by atoms with Crippen molar-refractivity contribution in [2.45, 2.75) is 24.1 Å². The summed E-state index contributed by atoms with van der Waals surface area (Å²) in [5.41, 5.74) is 2.08. The van der Waals surface area contributed by atoms with Crippen molar-refractivity contribution in [1.82, 2.24) is 4.98 Å². The van der Waals surface area contributed by atoms with E-state index < -0.39 is 11.6 Å². The Morgan fingerprint density at radius 1 is 1.07 bits per heavy atom. The highest BCUT2D eigenvalue weighted by Gasteiger charge is 2.13. The molecule has 0 fully saturated rings. The molecule has 0 atom stereocenters. The van der Waals surface area contributed by atoms with E-state index in [1.165, 1.54) is 36.9 Å². The topological polar surface area (TPSA) is 56.6 Å². The minimum atomic E-state index is -0.613. The number of benzene rings is 2. The lowest BCUT2D eigenvalue weighted by Crippen LogP contribution is -2.11. The minimum Gasteiger partial charge on any atom is -0.316 e. The van der Waals surface area contributed by atoms with Crippen LogP contribution < -0.4 is 5.56 Å². The van der Waals surface area contributed by atoms with Gasteiger partial charge >= 0.3 is 0 Å². The molecule has 0 aliphatic carbocycles. The zero-order chi connectivity index (χ0) is 19.4. The van der Waals surface area contributed by atoms with Crippen LogP contribution in [0.4, 0.5) is 8.78 Å². The van der Waals surface area contributed by atoms with Gasteiger partial charge in [0.05, 0.1) is 10.6 Å². The molecule has 0 saturated carbocycles. The third-order valence-electron chi connectivity index (χ3n) is 4.16. The normalized spacial score (nSPS) is 10.6. The van der Waals surface area contributed by atoms with Crippen molar-refractivity contribution < 1.29 is 8.78 Å². The summed E-state index contributed by atoms with van der Waals surface area (Å²) in [5, 5.41) is 9.98. The summed E-state index contributed by atoms with van der Waals surface area (Å²) in [7, 11) is 0. The number of hydrogen-bond donors (Lipinski definition) is 1. The number of nitriles is 1. The number of thioether (sulfide) groups is 1. The molecule has 0 radical (unpaired) electrons. The van der Waals surface area contributed by atoms with Gasteiger partial charge in [0, 0.05) is 17.4 Å². The summed E-state index contributed by atoms with van der Waals surface area (Å²) in [6.45, 7) is 1.37.